The largest absolute Gasteiger partial charge is 0.479 e. The zero-order chi connectivity index (χ0) is 23.4. The number of nitrogens with one attached hydrogen (secondary N) is 1. The highest BCUT2D eigenvalue weighted by Crippen LogP contribution is 2.29. The molecule has 33 heavy (non-hydrogen) atoms. The summed E-state index contributed by atoms with van der Waals surface area (Å²) in [5.41, 5.74) is 3.25. The van der Waals surface area contributed by atoms with Gasteiger partial charge in [0.25, 0.3) is 5.91 Å². The molecule has 9 heteroatoms. The highest BCUT2D eigenvalue weighted by Gasteiger charge is 2.14. The number of rotatable bonds is 7. The van der Waals surface area contributed by atoms with Crippen LogP contribution >= 0.6 is 0 Å². The van der Waals surface area contributed by atoms with Gasteiger partial charge in [0, 0.05) is 54.9 Å². The second-order valence-corrected chi connectivity index (χ2v) is 7.33. The fourth-order valence-electron chi connectivity index (χ4n) is 3.27. The number of hydrogen-bond donors (Lipinski definition) is 1. The Bertz CT molecular complexity index is 1310. The Morgan fingerprint density at radius 2 is 2.03 bits per heavy atom. The van der Waals surface area contributed by atoms with Crippen molar-refractivity contribution in [1.29, 1.82) is 0 Å². The molecule has 0 aliphatic heterocycles. The first-order valence-corrected chi connectivity index (χ1v) is 10.1. The van der Waals surface area contributed by atoms with Gasteiger partial charge in [0.2, 0.25) is 5.88 Å². The maximum absolute atomic E-state index is 13.8. The lowest BCUT2D eigenvalue weighted by Crippen LogP contribution is -2.23. The van der Waals surface area contributed by atoms with Gasteiger partial charge < -0.3 is 14.8 Å². The fourth-order valence-corrected chi connectivity index (χ4v) is 3.27. The molecule has 0 saturated heterocycles. The molecule has 0 spiro atoms. The topological polar surface area (TPSA) is 91.2 Å². The van der Waals surface area contributed by atoms with Gasteiger partial charge >= 0.3 is 0 Å². The number of ether oxygens (including phenoxy) is 2. The Labute approximate surface area is 190 Å². The number of carbonyl (C=O) groups excluding carboxylic acids is 1. The molecule has 0 radical (unpaired) electrons. The SMILES string of the molecule is COc1ncc(CNC(=O)c2cccc(Oc3ccnc(-c4cnn(C)c4)c3)c2C)cc1F. The summed E-state index contributed by atoms with van der Waals surface area (Å²) in [5.74, 6) is 0.153. The summed E-state index contributed by atoms with van der Waals surface area (Å²) in [4.78, 5) is 21.0. The number of carbonyl (C=O) groups is 1. The Kier molecular flexibility index (Phi) is 6.30. The van der Waals surface area contributed by atoms with Crippen LogP contribution in [0.1, 0.15) is 21.5 Å². The number of aryl methyl sites for hydroxylation is 1. The smallest absolute Gasteiger partial charge is 0.251 e. The van der Waals surface area contributed by atoms with Crippen LogP contribution in [0.15, 0.2) is 61.2 Å². The minimum atomic E-state index is -0.584. The number of benzene rings is 1. The van der Waals surface area contributed by atoms with Crippen LogP contribution in [0.4, 0.5) is 4.39 Å². The van der Waals surface area contributed by atoms with Crippen molar-refractivity contribution in [3.8, 4) is 28.6 Å². The van der Waals surface area contributed by atoms with Gasteiger partial charge in [-0.25, -0.2) is 9.37 Å². The first-order chi connectivity index (χ1) is 15.9. The number of aromatic nitrogens is 4. The van der Waals surface area contributed by atoms with Gasteiger partial charge in [0.15, 0.2) is 5.82 Å². The van der Waals surface area contributed by atoms with E-state index in [9.17, 15) is 9.18 Å². The molecule has 4 aromatic rings. The lowest BCUT2D eigenvalue weighted by molar-refractivity contribution is 0.0950. The van der Waals surface area contributed by atoms with Crippen LogP contribution in [-0.2, 0) is 13.6 Å². The summed E-state index contributed by atoms with van der Waals surface area (Å²) < 4.78 is 26.4. The highest BCUT2D eigenvalue weighted by atomic mass is 19.1. The van der Waals surface area contributed by atoms with E-state index in [0.29, 0.717) is 28.2 Å². The molecule has 0 unspecified atom stereocenters. The Balaban J connectivity index is 1.48. The lowest BCUT2D eigenvalue weighted by atomic mass is 10.1. The van der Waals surface area contributed by atoms with Crippen molar-refractivity contribution in [3.05, 3.63) is 83.7 Å². The van der Waals surface area contributed by atoms with Crippen LogP contribution in [0, 0.1) is 12.7 Å². The molecule has 3 heterocycles. The third kappa shape index (κ3) is 4.98. The maximum atomic E-state index is 13.8. The second-order valence-electron chi connectivity index (χ2n) is 7.33. The van der Waals surface area contributed by atoms with Gasteiger partial charge in [0.1, 0.15) is 11.5 Å². The Morgan fingerprint density at radius 3 is 2.76 bits per heavy atom. The molecule has 1 N–H and O–H groups in total. The minimum Gasteiger partial charge on any atom is -0.479 e. The third-order valence-electron chi connectivity index (χ3n) is 5.00. The number of nitrogens with zero attached hydrogens (tertiary/aromatic N) is 4. The molecule has 8 nitrogen and oxygen atoms in total. The monoisotopic (exact) mass is 447 g/mol. The first-order valence-electron chi connectivity index (χ1n) is 10.1. The van der Waals surface area contributed by atoms with Crippen molar-refractivity contribution in [2.75, 3.05) is 7.11 Å². The molecule has 1 aromatic carbocycles. The van der Waals surface area contributed by atoms with E-state index >= 15 is 0 Å². The molecule has 1 amide bonds. The molecular weight excluding hydrogens is 425 g/mol. The van der Waals surface area contributed by atoms with Gasteiger partial charge in [-0.15, -0.1) is 0 Å². The van der Waals surface area contributed by atoms with Crippen molar-refractivity contribution in [2.45, 2.75) is 13.5 Å². The van der Waals surface area contributed by atoms with Crippen LogP contribution in [0.25, 0.3) is 11.3 Å². The summed E-state index contributed by atoms with van der Waals surface area (Å²) in [7, 11) is 3.18. The zero-order valence-corrected chi connectivity index (χ0v) is 18.4. The number of pyridine rings is 2. The van der Waals surface area contributed by atoms with E-state index in [4.69, 9.17) is 9.47 Å². The molecular formula is C24H22FN5O3. The van der Waals surface area contributed by atoms with Gasteiger partial charge in [-0.05, 0) is 36.8 Å². The van der Waals surface area contributed by atoms with Crippen molar-refractivity contribution < 1.29 is 18.7 Å². The Morgan fingerprint density at radius 1 is 1.18 bits per heavy atom. The van der Waals surface area contributed by atoms with E-state index in [0.717, 1.165) is 11.3 Å². The number of hydrogen-bond acceptors (Lipinski definition) is 6. The van der Waals surface area contributed by atoms with Crippen LogP contribution in [0.3, 0.4) is 0 Å². The fraction of sp³-hybridized carbons (Fsp3) is 0.167. The molecule has 168 valence electrons. The zero-order valence-electron chi connectivity index (χ0n) is 18.4. The average molecular weight is 447 g/mol. The quantitative estimate of drug-likeness (QED) is 0.460. The number of methoxy groups -OCH3 is 1. The van der Waals surface area contributed by atoms with Gasteiger partial charge in [0.05, 0.1) is 19.0 Å². The summed E-state index contributed by atoms with van der Waals surface area (Å²) in [6.45, 7) is 1.93. The first kappa shape index (κ1) is 21.9. The lowest BCUT2D eigenvalue weighted by Gasteiger charge is -2.13. The summed E-state index contributed by atoms with van der Waals surface area (Å²) >= 11 is 0. The molecule has 0 fully saturated rings. The molecule has 0 bridgehead atoms. The van der Waals surface area contributed by atoms with E-state index in [2.05, 4.69) is 20.4 Å². The summed E-state index contributed by atoms with van der Waals surface area (Å²) in [5, 5.41) is 6.95. The molecule has 0 atom stereocenters. The van der Waals surface area contributed by atoms with Crippen molar-refractivity contribution in [3.63, 3.8) is 0 Å². The van der Waals surface area contributed by atoms with E-state index in [1.54, 1.807) is 41.3 Å². The van der Waals surface area contributed by atoms with Crippen LogP contribution in [0.5, 0.6) is 17.4 Å². The molecule has 0 saturated carbocycles. The summed E-state index contributed by atoms with van der Waals surface area (Å²) in [6, 6.07) is 10.1. The van der Waals surface area contributed by atoms with Crippen LogP contribution < -0.4 is 14.8 Å². The van der Waals surface area contributed by atoms with Crippen LogP contribution in [0.2, 0.25) is 0 Å². The standard InChI is InChI=1S/C24H22FN5O3/c1-15-19(23(31)27-11-16-9-20(25)24(32-3)28-12-16)5-4-6-22(15)33-18-7-8-26-21(10-18)17-13-29-30(2)14-17/h4-10,12-14H,11H2,1-3H3,(H,27,31). The molecule has 4 rings (SSSR count). The van der Waals surface area contributed by atoms with Gasteiger partial charge in [-0.3, -0.25) is 14.5 Å². The van der Waals surface area contributed by atoms with Gasteiger partial charge in [-0.2, -0.15) is 5.10 Å². The number of halogens is 1. The molecule has 0 aliphatic rings. The van der Waals surface area contributed by atoms with Crippen LogP contribution in [-0.4, -0.2) is 32.8 Å². The average Bonchev–Trinajstić information content (AvgIpc) is 3.25. The Hall–Kier alpha value is -4.27. The molecule has 3 aromatic heterocycles. The van der Waals surface area contributed by atoms with E-state index in [1.807, 2.05) is 26.2 Å². The third-order valence-corrected chi connectivity index (χ3v) is 5.00. The predicted molar refractivity (Wildman–Crippen MR) is 120 cm³/mol. The number of amides is 1. The normalized spacial score (nSPS) is 10.7. The van der Waals surface area contributed by atoms with Crippen molar-refractivity contribution in [1.82, 2.24) is 25.1 Å². The highest BCUT2D eigenvalue weighted by molar-refractivity contribution is 5.96. The van der Waals surface area contributed by atoms with Gasteiger partial charge in [-0.1, -0.05) is 6.07 Å². The maximum Gasteiger partial charge on any atom is 0.251 e. The van der Waals surface area contributed by atoms with E-state index in [1.165, 1.54) is 19.4 Å². The van der Waals surface area contributed by atoms with E-state index in [-0.39, 0.29) is 18.3 Å². The van der Waals surface area contributed by atoms with Crippen molar-refractivity contribution >= 4 is 5.91 Å². The minimum absolute atomic E-state index is 0.0893. The second kappa shape index (κ2) is 9.47. The predicted octanol–water partition coefficient (Wildman–Crippen LogP) is 4.06. The van der Waals surface area contributed by atoms with Crippen molar-refractivity contribution in [2.24, 2.45) is 7.05 Å². The summed E-state index contributed by atoms with van der Waals surface area (Å²) in [6.07, 6.45) is 6.71. The molecule has 0 aliphatic carbocycles. The van der Waals surface area contributed by atoms with E-state index < -0.39 is 5.82 Å².